The second-order valence-corrected chi connectivity index (χ2v) is 5.12. The van der Waals surface area contributed by atoms with Crippen LogP contribution in [0.4, 0.5) is 9.59 Å². The maximum absolute atomic E-state index is 10.1. The second kappa shape index (κ2) is 14.9. The number of carboxylic acid groups (broad SMARTS) is 2. The largest absolute Gasteiger partial charge is 0.505 e. The lowest BCUT2D eigenvalue weighted by atomic mass is 10.1. The van der Waals surface area contributed by atoms with Crippen LogP contribution < -0.4 is 0 Å². The van der Waals surface area contributed by atoms with E-state index < -0.39 is 12.3 Å². The normalized spacial score (nSPS) is 10.3. The molecule has 0 aliphatic carbocycles. The molecule has 0 rings (SSSR count). The third-order valence-corrected chi connectivity index (χ3v) is 3.24. The van der Waals surface area contributed by atoms with Crippen LogP contribution in [0.25, 0.3) is 0 Å². The molecule has 0 amide bonds. The Morgan fingerprint density at radius 3 is 1.00 bits per heavy atom. The maximum Gasteiger partial charge on any atom is 0.505 e. The Bertz CT molecular complexity index is 241. The van der Waals surface area contributed by atoms with Crippen molar-refractivity contribution >= 4 is 12.3 Å². The van der Waals surface area contributed by atoms with Crippen molar-refractivity contribution in [3.05, 3.63) is 0 Å². The zero-order chi connectivity index (χ0) is 15.8. The van der Waals surface area contributed by atoms with E-state index in [0.29, 0.717) is 13.2 Å². The zero-order valence-corrected chi connectivity index (χ0v) is 12.7. The van der Waals surface area contributed by atoms with Crippen molar-refractivity contribution in [3.8, 4) is 0 Å². The fourth-order valence-corrected chi connectivity index (χ4v) is 2.11. The molecule has 0 atom stereocenters. The summed E-state index contributed by atoms with van der Waals surface area (Å²) in [5.41, 5.74) is 0. The summed E-state index contributed by atoms with van der Waals surface area (Å²) < 4.78 is 8.86. The van der Waals surface area contributed by atoms with Gasteiger partial charge in [-0.1, -0.05) is 57.8 Å². The summed E-state index contributed by atoms with van der Waals surface area (Å²) in [4.78, 5) is 20.2. The molecular weight excluding hydrogens is 276 g/mol. The second-order valence-electron chi connectivity index (χ2n) is 5.12. The Balaban J connectivity index is 2.99. The van der Waals surface area contributed by atoms with E-state index in [0.717, 1.165) is 38.5 Å². The smallest absolute Gasteiger partial charge is 0.450 e. The molecule has 0 heterocycles. The monoisotopic (exact) mass is 304 g/mol. The van der Waals surface area contributed by atoms with Crippen molar-refractivity contribution in [2.75, 3.05) is 13.2 Å². The van der Waals surface area contributed by atoms with Crippen molar-refractivity contribution in [2.45, 2.75) is 70.6 Å². The highest BCUT2D eigenvalue weighted by Gasteiger charge is 1.97. The summed E-state index contributed by atoms with van der Waals surface area (Å²) in [6.45, 7) is 0.613. The molecule has 124 valence electrons. The standard InChI is InChI=1S/C15H28O6/c16-14(17)20-12-10-8-6-4-2-1-3-5-7-9-11-13-21-15(18)19/h1-13H2,(H,16,17)(H,18,19). The lowest BCUT2D eigenvalue weighted by Gasteiger charge is -2.03. The van der Waals surface area contributed by atoms with Gasteiger partial charge in [0.05, 0.1) is 13.2 Å². The van der Waals surface area contributed by atoms with E-state index in [1.807, 2.05) is 0 Å². The van der Waals surface area contributed by atoms with Gasteiger partial charge in [-0.2, -0.15) is 0 Å². The van der Waals surface area contributed by atoms with Gasteiger partial charge in [0.2, 0.25) is 0 Å². The lowest BCUT2D eigenvalue weighted by molar-refractivity contribution is 0.0887. The van der Waals surface area contributed by atoms with Crippen LogP contribution in [-0.4, -0.2) is 35.7 Å². The van der Waals surface area contributed by atoms with Crippen molar-refractivity contribution in [2.24, 2.45) is 0 Å². The molecule has 6 heteroatoms. The lowest BCUT2D eigenvalue weighted by Crippen LogP contribution is -2.01. The highest BCUT2D eigenvalue weighted by molar-refractivity contribution is 5.56. The minimum absolute atomic E-state index is 0.306. The van der Waals surface area contributed by atoms with Gasteiger partial charge in [-0.25, -0.2) is 9.59 Å². The summed E-state index contributed by atoms with van der Waals surface area (Å²) in [5.74, 6) is 0. The third kappa shape index (κ3) is 18.5. The molecule has 0 aromatic rings. The number of rotatable bonds is 14. The van der Waals surface area contributed by atoms with E-state index in [4.69, 9.17) is 10.2 Å². The first kappa shape index (κ1) is 19.5. The number of carbonyl (C=O) groups is 2. The maximum atomic E-state index is 10.1. The number of hydrogen-bond donors (Lipinski definition) is 2. The van der Waals surface area contributed by atoms with E-state index in [9.17, 15) is 9.59 Å². The Hall–Kier alpha value is -1.46. The summed E-state index contributed by atoms with van der Waals surface area (Å²) in [6.07, 6.45) is 9.63. The van der Waals surface area contributed by atoms with Gasteiger partial charge < -0.3 is 19.7 Å². The van der Waals surface area contributed by atoms with E-state index in [1.165, 1.54) is 32.1 Å². The predicted molar refractivity (Wildman–Crippen MR) is 78.7 cm³/mol. The summed E-state index contributed by atoms with van der Waals surface area (Å²) >= 11 is 0. The molecule has 0 aromatic carbocycles. The van der Waals surface area contributed by atoms with Crippen LogP contribution >= 0.6 is 0 Å². The molecule has 0 aliphatic rings. The molecule has 0 saturated carbocycles. The first-order chi connectivity index (χ1) is 10.1. The van der Waals surface area contributed by atoms with Gasteiger partial charge in [0, 0.05) is 0 Å². The molecule has 0 bridgehead atoms. The average Bonchev–Trinajstić information content (AvgIpc) is 2.42. The fourth-order valence-electron chi connectivity index (χ4n) is 2.11. The Kier molecular flexibility index (Phi) is 13.9. The zero-order valence-electron chi connectivity index (χ0n) is 12.7. The summed E-state index contributed by atoms with van der Waals surface area (Å²) in [6, 6.07) is 0. The fraction of sp³-hybridized carbons (Fsp3) is 0.867. The Morgan fingerprint density at radius 2 is 0.762 bits per heavy atom. The third-order valence-electron chi connectivity index (χ3n) is 3.24. The molecule has 6 nitrogen and oxygen atoms in total. The molecule has 0 aromatic heterocycles. The first-order valence-electron chi connectivity index (χ1n) is 7.84. The molecule has 21 heavy (non-hydrogen) atoms. The molecule has 0 unspecified atom stereocenters. The summed E-state index contributed by atoms with van der Waals surface area (Å²) in [7, 11) is 0. The van der Waals surface area contributed by atoms with Gasteiger partial charge in [-0.15, -0.1) is 0 Å². The average molecular weight is 304 g/mol. The minimum Gasteiger partial charge on any atom is -0.450 e. The predicted octanol–water partition coefficient (Wildman–Crippen LogP) is 4.67. The summed E-state index contributed by atoms with van der Waals surface area (Å²) in [5, 5.41) is 16.5. The molecular formula is C15H28O6. The van der Waals surface area contributed by atoms with E-state index in [-0.39, 0.29) is 0 Å². The van der Waals surface area contributed by atoms with Crippen LogP contribution in [0, 0.1) is 0 Å². The Morgan fingerprint density at radius 1 is 0.524 bits per heavy atom. The molecule has 0 saturated heterocycles. The topological polar surface area (TPSA) is 93.1 Å². The van der Waals surface area contributed by atoms with Crippen LogP contribution in [0.1, 0.15) is 70.6 Å². The molecule has 0 aliphatic heterocycles. The molecule has 0 radical (unpaired) electrons. The highest BCUT2D eigenvalue weighted by atomic mass is 16.7. The van der Waals surface area contributed by atoms with Gasteiger partial charge in [0.25, 0.3) is 0 Å². The van der Waals surface area contributed by atoms with Crippen LogP contribution in [0.3, 0.4) is 0 Å². The molecule has 2 N–H and O–H groups in total. The number of unbranched alkanes of at least 4 members (excludes halogenated alkanes) is 10. The first-order valence-corrected chi connectivity index (χ1v) is 7.84. The van der Waals surface area contributed by atoms with Gasteiger partial charge in [0.1, 0.15) is 0 Å². The van der Waals surface area contributed by atoms with Crippen LogP contribution in [0.15, 0.2) is 0 Å². The van der Waals surface area contributed by atoms with Crippen LogP contribution in [0.2, 0.25) is 0 Å². The van der Waals surface area contributed by atoms with Crippen molar-refractivity contribution in [3.63, 3.8) is 0 Å². The van der Waals surface area contributed by atoms with Crippen molar-refractivity contribution in [1.29, 1.82) is 0 Å². The minimum atomic E-state index is -1.19. The quantitative estimate of drug-likeness (QED) is 0.358. The van der Waals surface area contributed by atoms with Gasteiger partial charge in [0.15, 0.2) is 0 Å². The van der Waals surface area contributed by atoms with Crippen molar-refractivity contribution < 1.29 is 29.3 Å². The highest BCUT2D eigenvalue weighted by Crippen LogP contribution is 2.11. The SMILES string of the molecule is O=C(O)OCCCCCCCCCCCCCOC(=O)O. The van der Waals surface area contributed by atoms with Crippen LogP contribution in [-0.2, 0) is 9.47 Å². The van der Waals surface area contributed by atoms with Gasteiger partial charge in [-0.3, -0.25) is 0 Å². The number of hydrogen-bond acceptors (Lipinski definition) is 4. The molecule has 0 spiro atoms. The van der Waals surface area contributed by atoms with Crippen molar-refractivity contribution in [1.82, 2.24) is 0 Å². The Labute approximate surface area is 126 Å². The number of ether oxygens (including phenoxy) is 2. The van der Waals surface area contributed by atoms with Gasteiger partial charge >= 0.3 is 12.3 Å². The van der Waals surface area contributed by atoms with E-state index in [2.05, 4.69) is 9.47 Å². The van der Waals surface area contributed by atoms with E-state index in [1.54, 1.807) is 0 Å². The van der Waals surface area contributed by atoms with E-state index >= 15 is 0 Å². The van der Waals surface area contributed by atoms with Crippen LogP contribution in [0.5, 0.6) is 0 Å². The van der Waals surface area contributed by atoms with Gasteiger partial charge in [-0.05, 0) is 12.8 Å². The molecule has 0 fully saturated rings.